The van der Waals surface area contributed by atoms with Crippen LogP contribution in [0.2, 0.25) is 5.28 Å². The van der Waals surface area contributed by atoms with Gasteiger partial charge in [-0.1, -0.05) is 27.7 Å². The molecular formula is C12H22ClN5. The van der Waals surface area contributed by atoms with Crippen LogP contribution in [-0.2, 0) is 0 Å². The minimum atomic E-state index is 0.211. The van der Waals surface area contributed by atoms with Gasteiger partial charge in [-0.05, 0) is 29.9 Å². The molecule has 0 saturated heterocycles. The maximum atomic E-state index is 5.86. The monoisotopic (exact) mass is 271 g/mol. The third-order valence-corrected chi connectivity index (χ3v) is 3.03. The molecule has 1 rings (SSSR count). The van der Waals surface area contributed by atoms with Crippen molar-refractivity contribution in [3.8, 4) is 0 Å². The Morgan fingerprint density at radius 1 is 1.06 bits per heavy atom. The summed E-state index contributed by atoms with van der Waals surface area (Å²) in [5.41, 5.74) is 0. The van der Waals surface area contributed by atoms with Gasteiger partial charge in [0.25, 0.3) is 0 Å². The molecule has 1 heterocycles. The standard InChI is InChI=1S/C12H22ClN5/c1-5-6-14-11-16-10(13)17-12(18-11)15-7-9(4)8(2)3/h8-9H,5-7H2,1-4H3,(H2,14,15,16,17,18). The van der Waals surface area contributed by atoms with Gasteiger partial charge in [0.15, 0.2) is 0 Å². The summed E-state index contributed by atoms with van der Waals surface area (Å²) in [6.45, 7) is 10.3. The Bertz CT molecular complexity index is 369. The van der Waals surface area contributed by atoms with E-state index in [4.69, 9.17) is 11.6 Å². The quantitative estimate of drug-likeness (QED) is 0.798. The molecule has 0 saturated carbocycles. The Morgan fingerprint density at radius 3 is 2.22 bits per heavy atom. The predicted molar refractivity (Wildman–Crippen MR) is 76.1 cm³/mol. The Labute approximate surface area is 114 Å². The summed E-state index contributed by atoms with van der Waals surface area (Å²) < 4.78 is 0. The lowest BCUT2D eigenvalue weighted by Crippen LogP contribution is -2.18. The lowest BCUT2D eigenvalue weighted by molar-refractivity contribution is 0.439. The van der Waals surface area contributed by atoms with Crippen molar-refractivity contribution in [1.29, 1.82) is 0 Å². The second-order valence-electron chi connectivity index (χ2n) is 4.78. The first kappa shape index (κ1) is 15.0. The minimum Gasteiger partial charge on any atom is -0.354 e. The van der Waals surface area contributed by atoms with Crippen molar-refractivity contribution in [3.05, 3.63) is 5.28 Å². The number of hydrogen-bond donors (Lipinski definition) is 2. The van der Waals surface area contributed by atoms with Crippen molar-refractivity contribution in [2.24, 2.45) is 11.8 Å². The van der Waals surface area contributed by atoms with Gasteiger partial charge in [0.1, 0.15) is 0 Å². The van der Waals surface area contributed by atoms with E-state index < -0.39 is 0 Å². The number of rotatable bonds is 7. The number of anilines is 2. The van der Waals surface area contributed by atoms with Gasteiger partial charge in [-0.2, -0.15) is 15.0 Å². The molecule has 0 amide bonds. The van der Waals surface area contributed by atoms with Gasteiger partial charge in [0.2, 0.25) is 17.2 Å². The molecule has 18 heavy (non-hydrogen) atoms. The molecule has 5 nitrogen and oxygen atoms in total. The zero-order chi connectivity index (χ0) is 13.5. The van der Waals surface area contributed by atoms with Crippen LogP contribution in [0.3, 0.4) is 0 Å². The first-order chi connectivity index (χ1) is 8.52. The first-order valence-electron chi connectivity index (χ1n) is 6.42. The number of halogens is 1. The summed E-state index contributed by atoms with van der Waals surface area (Å²) in [6, 6.07) is 0. The summed E-state index contributed by atoms with van der Waals surface area (Å²) in [5, 5.41) is 6.51. The summed E-state index contributed by atoms with van der Waals surface area (Å²) in [7, 11) is 0. The van der Waals surface area contributed by atoms with E-state index in [1.807, 2.05) is 0 Å². The second-order valence-corrected chi connectivity index (χ2v) is 5.12. The largest absolute Gasteiger partial charge is 0.354 e. The Balaban J connectivity index is 2.62. The zero-order valence-corrected chi connectivity index (χ0v) is 12.3. The van der Waals surface area contributed by atoms with Gasteiger partial charge in [-0.15, -0.1) is 0 Å². The van der Waals surface area contributed by atoms with E-state index in [-0.39, 0.29) is 5.28 Å². The molecule has 1 aromatic rings. The second kappa shape index (κ2) is 7.36. The normalized spacial score (nSPS) is 12.6. The van der Waals surface area contributed by atoms with Gasteiger partial charge in [0, 0.05) is 13.1 Å². The van der Waals surface area contributed by atoms with Crippen LogP contribution in [0.25, 0.3) is 0 Å². The highest BCUT2D eigenvalue weighted by atomic mass is 35.5. The van der Waals surface area contributed by atoms with E-state index in [2.05, 4.69) is 53.3 Å². The lowest BCUT2D eigenvalue weighted by Gasteiger charge is -2.16. The molecule has 0 aliphatic rings. The van der Waals surface area contributed by atoms with E-state index in [0.29, 0.717) is 23.7 Å². The number of nitrogens with zero attached hydrogens (tertiary/aromatic N) is 3. The SMILES string of the molecule is CCCNc1nc(Cl)nc(NCC(C)C(C)C)n1. The maximum Gasteiger partial charge on any atom is 0.228 e. The smallest absolute Gasteiger partial charge is 0.228 e. The van der Waals surface area contributed by atoms with Gasteiger partial charge < -0.3 is 10.6 Å². The predicted octanol–water partition coefficient (Wildman–Crippen LogP) is 3.05. The van der Waals surface area contributed by atoms with E-state index in [9.17, 15) is 0 Å². The lowest BCUT2D eigenvalue weighted by atomic mass is 9.98. The van der Waals surface area contributed by atoms with Gasteiger partial charge in [0.05, 0.1) is 0 Å². The number of hydrogen-bond acceptors (Lipinski definition) is 5. The fraction of sp³-hybridized carbons (Fsp3) is 0.750. The van der Waals surface area contributed by atoms with Crippen LogP contribution >= 0.6 is 11.6 Å². The van der Waals surface area contributed by atoms with Crippen LogP contribution in [0.5, 0.6) is 0 Å². The van der Waals surface area contributed by atoms with Gasteiger partial charge in [-0.3, -0.25) is 0 Å². The summed E-state index contributed by atoms with van der Waals surface area (Å²) in [5.74, 6) is 2.22. The molecule has 6 heteroatoms. The average molecular weight is 272 g/mol. The van der Waals surface area contributed by atoms with Crippen LogP contribution in [0.4, 0.5) is 11.9 Å². The number of nitrogens with one attached hydrogen (secondary N) is 2. The number of aromatic nitrogens is 3. The highest BCUT2D eigenvalue weighted by Crippen LogP contribution is 2.13. The fourth-order valence-electron chi connectivity index (χ4n) is 1.23. The van der Waals surface area contributed by atoms with Crippen molar-refractivity contribution >= 4 is 23.5 Å². The van der Waals surface area contributed by atoms with Crippen molar-refractivity contribution in [2.75, 3.05) is 23.7 Å². The molecule has 0 fully saturated rings. The molecule has 0 spiro atoms. The topological polar surface area (TPSA) is 62.7 Å². The van der Waals surface area contributed by atoms with Gasteiger partial charge >= 0.3 is 0 Å². The molecule has 0 radical (unpaired) electrons. The van der Waals surface area contributed by atoms with Crippen molar-refractivity contribution in [2.45, 2.75) is 34.1 Å². The fourth-order valence-corrected chi connectivity index (χ4v) is 1.39. The molecule has 0 aliphatic heterocycles. The highest BCUT2D eigenvalue weighted by Gasteiger charge is 2.09. The van der Waals surface area contributed by atoms with E-state index >= 15 is 0 Å². The minimum absolute atomic E-state index is 0.211. The van der Waals surface area contributed by atoms with Crippen LogP contribution in [0, 0.1) is 11.8 Å². The van der Waals surface area contributed by atoms with E-state index in [0.717, 1.165) is 19.5 Å². The van der Waals surface area contributed by atoms with Crippen LogP contribution in [0.15, 0.2) is 0 Å². The molecule has 0 bridgehead atoms. The van der Waals surface area contributed by atoms with Crippen LogP contribution < -0.4 is 10.6 Å². The van der Waals surface area contributed by atoms with E-state index in [1.54, 1.807) is 0 Å². The molecular weight excluding hydrogens is 250 g/mol. The van der Waals surface area contributed by atoms with Crippen LogP contribution in [0.1, 0.15) is 34.1 Å². The third kappa shape index (κ3) is 5.04. The van der Waals surface area contributed by atoms with Gasteiger partial charge in [-0.25, -0.2) is 0 Å². The third-order valence-electron chi connectivity index (χ3n) is 2.86. The summed E-state index contributed by atoms with van der Waals surface area (Å²) >= 11 is 5.86. The Kier molecular flexibility index (Phi) is 6.12. The van der Waals surface area contributed by atoms with Crippen molar-refractivity contribution in [1.82, 2.24) is 15.0 Å². The Morgan fingerprint density at radius 2 is 1.67 bits per heavy atom. The molecule has 1 unspecified atom stereocenters. The molecule has 2 N–H and O–H groups in total. The van der Waals surface area contributed by atoms with Crippen LogP contribution in [-0.4, -0.2) is 28.0 Å². The highest BCUT2D eigenvalue weighted by molar-refractivity contribution is 6.28. The zero-order valence-electron chi connectivity index (χ0n) is 11.5. The summed E-state index contributed by atoms with van der Waals surface area (Å²) in [4.78, 5) is 12.4. The molecule has 1 atom stereocenters. The van der Waals surface area contributed by atoms with E-state index in [1.165, 1.54) is 0 Å². The molecule has 0 aromatic carbocycles. The Hall–Kier alpha value is -1.10. The first-order valence-corrected chi connectivity index (χ1v) is 6.80. The van der Waals surface area contributed by atoms with Crippen molar-refractivity contribution in [3.63, 3.8) is 0 Å². The molecule has 0 aliphatic carbocycles. The molecule has 102 valence electrons. The summed E-state index contributed by atoms with van der Waals surface area (Å²) in [6.07, 6.45) is 1.01. The van der Waals surface area contributed by atoms with Crippen molar-refractivity contribution < 1.29 is 0 Å². The average Bonchev–Trinajstić information content (AvgIpc) is 2.32. The maximum absolute atomic E-state index is 5.86. The molecule has 1 aromatic heterocycles.